The van der Waals surface area contributed by atoms with Crippen LogP contribution in [0.15, 0.2) is 16.5 Å². The summed E-state index contributed by atoms with van der Waals surface area (Å²) in [6.45, 7) is 0.0797. The Morgan fingerprint density at radius 1 is 1.57 bits per heavy atom. The van der Waals surface area contributed by atoms with Gasteiger partial charge in [0, 0.05) is 0 Å². The molecule has 5 heteroatoms. The van der Waals surface area contributed by atoms with Crippen molar-refractivity contribution < 1.29 is 19.1 Å². The second-order valence-electron chi connectivity index (χ2n) is 2.40. The molecule has 14 heavy (non-hydrogen) atoms. The van der Waals surface area contributed by atoms with Crippen molar-refractivity contribution in [2.24, 2.45) is 0 Å². The molecular weight excluding hydrogens is 186 g/mol. The zero-order valence-electron chi connectivity index (χ0n) is 7.11. The molecule has 0 unspecified atom stereocenters. The third-order valence-electron chi connectivity index (χ3n) is 1.43. The molecule has 0 bridgehead atoms. The van der Waals surface area contributed by atoms with Gasteiger partial charge < -0.3 is 14.8 Å². The third-order valence-corrected chi connectivity index (χ3v) is 1.43. The number of terminal acetylenes is 1. The molecule has 72 valence electrons. The Labute approximate surface area is 79.7 Å². The fraction of sp³-hybridized carbons (Fsp3) is 0.111. The number of nitrogens with one attached hydrogen (secondary N) is 1. The highest BCUT2D eigenvalue weighted by Crippen LogP contribution is 2.06. The highest BCUT2D eigenvalue weighted by Gasteiger charge is 2.08. The molecule has 0 saturated carbocycles. The molecule has 1 aromatic rings. The molecule has 5 nitrogen and oxygen atoms in total. The summed E-state index contributed by atoms with van der Waals surface area (Å²) in [5.74, 6) is 0.300. The van der Waals surface area contributed by atoms with Gasteiger partial charge in [0.05, 0.1) is 6.54 Å². The molecule has 0 aliphatic carbocycles. The fourth-order valence-corrected chi connectivity index (χ4v) is 0.806. The summed E-state index contributed by atoms with van der Waals surface area (Å²) >= 11 is 0. The summed E-state index contributed by atoms with van der Waals surface area (Å²) < 4.78 is 4.86. The molecule has 1 heterocycles. The zero-order chi connectivity index (χ0) is 10.6. The molecule has 0 atom stereocenters. The average Bonchev–Trinajstić information content (AvgIpc) is 2.62. The minimum Gasteiger partial charge on any atom is -0.475 e. The summed E-state index contributed by atoms with van der Waals surface area (Å²) in [6.07, 6.45) is 4.80. The van der Waals surface area contributed by atoms with Gasteiger partial charge in [0.25, 0.3) is 5.91 Å². The van der Waals surface area contributed by atoms with Crippen molar-refractivity contribution in [2.45, 2.75) is 6.54 Å². The number of carboxylic acid groups (broad SMARTS) is 1. The van der Waals surface area contributed by atoms with E-state index in [0.717, 1.165) is 0 Å². The SMILES string of the molecule is C#CC(=O)NCc1ccc(C(=O)O)o1. The third kappa shape index (κ3) is 2.38. The first kappa shape index (κ1) is 9.86. The minimum absolute atomic E-state index is 0.0797. The van der Waals surface area contributed by atoms with Gasteiger partial charge in [0.1, 0.15) is 5.76 Å². The standard InChI is InChI=1S/C9H7NO4/c1-2-8(11)10-5-6-3-4-7(14-6)9(12)13/h1,3-4H,5H2,(H,10,11)(H,12,13). The lowest BCUT2D eigenvalue weighted by atomic mass is 10.4. The van der Waals surface area contributed by atoms with Crippen molar-refractivity contribution in [2.75, 3.05) is 0 Å². The van der Waals surface area contributed by atoms with E-state index in [1.165, 1.54) is 12.1 Å². The summed E-state index contributed by atoms with van der Waals surface area (Å²) in [7, 11) is 0. The van der Waals surface area contributed by atoms with E-state index < -0.39 is 11.9 Å². The van der Waals surface area contributed by atoms with E-state index in [1.54, 1.807) is 0 Å². The van der Waals surface area contributed by atoms with Gasteiger partial charge in [-0.05, 0) is 18.1 Å². The molecule has 0 spiro atoms. The molecule has 1 amide bonds. The average molecular weight is 193 g/mol. The molecule has 0 aliphatic rings. The van der Waals surface area contributed by atoms with Gasteiger partial charge in [-0.3, -0.25) is 4.79 Å². The van der Waals surface area contributed by atoms with Crippen LogP contribution in [0, 0.1) is 12.3 Å². The first-order valence-electron chi connectivity index (χ1n) is 3.70. The van der Waals surface area contributed by atoms with Crippen LogP contribution in [0.5, 0.6) is 0 Å². The molecule has 2 N–H and O–H groups in total. The van der Waals surface area contributed by atoms with Crippen molar-refractivity contribution in [1.29, 1.82) is 0 Å². The zero-order valence-corrected chi connectivity index (χ0v) is 7.11. The number of carboxylic acids is 1. The number of rotatable bonds is 3. The van der Waals surface area contributed by atoms with Gasteiger partial charge in [-0.2, -0.15) is 0 Å². The van der Waals surface area contributed by atoms with Gasteiger partial charge in [0.2, 0.25) is 5.76 Å². The highest BCUT2D eigenvalue weighted by atomic mass is 16.4. The number of hydrogen-bond donors (Lipinski definition) is 2. The van der Waals surface area contributed by atoms with Crippen LogP contribution in [0.25, 0.3) is 0 Å². The smallest absolute Gasteiger partial charge is 0.371 e. The van der Waals surface area contributed by atoms with E-state index in [9.17, 15) is 9.59 Å². The van der Waals surface area contributed by atoms with Crippen LogP contribution >= 0.6 is 0 Å². The Kier molecular flexibility index (Phi) is 2.92. The molecule has 1 rings (SSSR count). The highest BCUT2D eigenvalue weighted by molar-refractivity contribution is 5.92. The molecule has 0 saturated heterocycles. The largest absolute Gasteiger partial charge is 0.475 e. The quantitative estimate of drug-likeness (QED) is 0.673. The predicted molar refractivity (Wildman–Crippen MR) is 46.3 cm³/mol. The predicted octanol–water partition coefficient (Wildman–Crippen LogP) is 0.227. The van der Waals surface area contributed by atoms with E-state index in [2.05, 4.69) is 5.32 Å². The number of carbonyl (C=O) groups is 2. The van der Waals surface area contributed by atoms with Crippen LogP contribution in [0.4, 0.5) is 0 Å². The fourth-order valence-electron chi connectivity index (χ4n) is 0.806. The Hall–Kier alpha value is -2.22. The summed E-state index contributed by atoms with van der Waals surface area (Å²) in [6, 6.07) is 2.76. The number of amides is 1. The maximum Gasteiger partial charge on any atom is 0.371 e. The number of furan rings is 1. The van der Waals surface area contributed by atoms with Gasteiger partial charge in [-0.25, -0.2) is 4.79 Å². The number of hydrogen-bond acceptors (Lipinski definition) is 3. The Morgan fingerprint density at radius 3 is 2.79 bits per heavy atom. The molecule has 0 aromatic carbocycles. The van der Waals surface area contributed by atoms with Crippen LogP contribution < -0.4 is 5.32 Å². The van der Waals surface area contributed by atoms with Crippen LogP contribution in [0.3, 0.4) is 0 Å². The lowest BCUT2D eigenvalue weighted by Crippen LogP contribution is -2.20. The second-order valence-corrected chi connectivity index (χ2v) is 2.40. The molecule has 0 radical (unpaired) electrons. The molecule has 0 fully saturated rings. The first-order valence-corrected chi connectivity index (χ1v) is 3.70. The van der Waals surface area contributed by atoms with Crippen molar-refractivity contribution in [3.05, 3.63) is 23.7 Å². The first-order chi connectivity index (χ1) is 6.63. The van der Waals surface area contributed by atoms with E-state index in [0.29, 0.717) is 5.76 Å². The maximum atomic E-state index is 10.6. The lowest BCUT2D eigenvalue weighted by Gasteiger charge is -1.95. The number of carbonyl (C=O) groups excluding carboxylic acids is 1. The molecule has 1 aromatic heterocycles. The van der Waals surface area contributed by atoms with Crippen LogP contribution in [-0.4, -0.2) is 17.0 Å². The monoisotopic (exact) mass is 193 g/mol. The summed E-state index contributed by atoms with van der Waals surface area (Å²) in [4.78, 5) is 21.0. The van der Waals surface area contributed by atoms with Crippen molar-refractivity contribution in [3.8, 4) is 12.3 Å². The summed E-state index contributed by atoms with van der Waals surface area (Å²) in [5.41, 5.74) is 0. The van der Waals surface area contributed by atoms with Crippen molar-refractivity contribution in [3.63, 3.8) is 0 Å². The van der Waals surface area contributed by atoms with E-state index in [-0.39, 0.29) is 12.3 Å². The minimum atomic E-state index is -1.15. The van der Waals surface area contributed by atoms with Gasteiger partial charge >= 0.3 is 5.97 Å². The van der Waals surface area contributed by atoms with E-state index in [4.69, 9.17) is 15.9 Å². The van der Waals surface area contributed by atoms with Gasteiger partial charge in [0.15, 0.2) is 0 Å². The Morgan fingerprint density at radius 2 is 2.29 bits per heavy atom. The van der Waals surface area contributed by atoms with Gasteiger partial charge in [-0.15, -0.1) is 6.42 Å². The lowest BCUT2D eigenvalue weighted by molar-refractivity contribution is -0.115. The number of aromatic carboxylic acids is 1. The normalized spacial score (nSPS) is 9.07. The Bertz CT molecular complexity index is 399. The van der Waals surface area contributed by atoms with Crippen molar-refractivity contribution in [1.82, 2.24) is 5.32 Å². The Balaban J connectivity index is 2.57. The summed E-state index contributed by atoms with van der Waals surface area (Å²) in [5, 5.41) is 10.8. The second kappa shape index (κ2) is 4.14. The van der Waals surface area contributed by atoms with Crippen LogP contribution in [0.2, 0.25) is 0 Å². The molecular formula is C9H7NO4. The van der Waals surface area contributed by atoms with Crippen molar-refractivity contribution >= 4 is 11.9 Å². The van der Waals surface area contributed by atoms with E-state index in [1.807, 2.05) is 5.92 Å². The van der Waals surface area contributed by atoms with Crippen LogP contribution in [-0.2, 0) is 11.3 Å². The van der Waals surface area contributed by atoms with Crippen LogP contribution in [0.1, 0.15) is 16.3 Å². The topological polar surface area (TPSA) is 79.5 Å². The molecule has 0 aliphatic heterocycles. The van der Waals surface area contributed by atoms with Gasteiger partial charge in [-0.1, -0.05) is 0 Å². The van der Waals surface area contributed by atoms with E-state index >= 15 is 0 Å². The maximum absolute atomic E-state index is 10.6.